The SMILES string of the molecule is CCCNC(=O)C(C)NCCCC(N)=O. The molecule has 0 saturated heterocycles. The summed E-state index contributed by atoms with van der Waals surface area (Å²) in [6.45, 7) is 5.14. The predicted molar refractivity (Wildman–Crippen MR) is 59.2 cm³/mol. The smallest absolute Gasteiger partial charge is 0.236 e. The minimum atomic E-state index is -0.306. The Labute approximate surface area is 90.8 Å². The van der Waals surface area contributed by atoms with E-state index in [4.69, 9.17) is 5.73 Å². The molecule has 2 amide bonds. The minimum Gasteiger partial charge on any atom is -0.370 e. The highest BCUT2D eigenvalue weighted by Crippen LogP contribution is 1.88. The summed E-state index contributed by atoms with van der Waals surface area (Å²) in [4.78, 5) is 21.8. The van der Waals surface area contributed by atoms with Crippen LogP contribution in [-0.4, -0.2) is 30.9 Å². The molecule has 1 atom stereocenters. The van der Waals surface area contributed by atoms with Crippen molar-refractivity contribution < 1.29 is 9.59 Å². The summed E-state index contributed by atoms with van der Waals surface area (Å²) in [5, 5.41) is 5.82. The topological polar surface area (TPSA) is 84.2 Å². The Balaban J connectivity index is 3.50. The normalized spacial score (nSPS) is 12.1. The fourth-order valence-corrected chi connectivity index (χ4v) is 1.08. The molecule has 0 heterocycles. The van der Waals surface area contributed by atoms with Crippen LogP contribution in [0.4, 0.5) is 0 Å². The summed E-state index contributed by atoms with van der Waals surface area (Å²) in [6.07, 6.45) is 1.96. The Morgan fingerprint density at radius 2 is 2.00 bits per heavy atom. The number of carbonyl (C=O) groups excluding carboxylic acids is 2. The fourth-order valence-electron chi connectivity index (χ4n) is 1.08. The van der Waals surface area contributed by atoms with E-state index >= 15 is 0 Å². The van der Waals surface area contributed by atoms with Crippen LogP contribution in [-0.2, 0) is 9.59 Å². The van der Waals surface area contributed by atoms with Crippen LogP contribution in [0.5, 0.6) is 0 Å². The summed E-state index contributed by atoms with van der Waals surface area (Å²) in [5.41, 5.74) is 4.99. The standard InChI is InChI=1S/C10H21N3O2/c1-3-6-13-10(15)8(2)12-7-4-5-9(11)14/h8,12H,3-7H2,1-2H3,(H2,11,14)(H,13,15). The van der Waals surface area contributed by atoms with Gasteiger partial charge < -0.3 is 16.4 Å². The zero-order chi connectivity index (χ0) is 11.7. The van der Waals surface area contributed by atoms with Gasteiger partial charge in [0, 0.05) is 13.0 Å². The second-order valence-corrected chi connectivity index (χ2v) is 3.54. The molecule has 5 heteroatoms. The summed E-state index contributed by atoms with van der Waals surface area (Å²) in [7, 11) is 0. The van der Waals surface area contributed by atoms with Crippen LogP contribution in [0.1, 0.15) is 33.1 Å². The molecule has 0 rings (SSSR count). The molecule has 0 spiro atoms. The molecule has 0 aliphatic rings. The van der Waals surface area contributed by atoms with E-state index in [0.29, 0.717) is 25.9 Å². The van der Waals surface area contributed by atoms with E-state index in [-0.39, 0.29) is 17.9 Å². The molecule has 0 fully saturated rings. The Bertz CT molecular complexity index is 207. The van der Waals surface area contributed by atoms with Crippen molar-refractivity contribution in [1.29, 1.82) is 0 Å². The average molecular weight is 215 g/mol. The van der Waals surface area contributed by atoms with E-state index in [1.54, 1.807) is 6.92 Å². The van der Waals surface area contributed by atoms with Gasteiger partial charge in [-0.3, -0.25) is 9.59 Å². The largest absolute Gasteiger partial charge is 0.370 e. The molecule has 4 N–H and O–H groups in total. The zero-order valence-corrected chi connectivity index (χ0v) is 9.51. The zero-order valence-electron chi connectivity index (χ0n) is 9.51. The Morgan fingerprint density at radius 3 is 2.53 bits per heavy atom. The van der Waals surface area contributed by atoms with Gasteiger partial charge in [-0.15, -0.1) is 0 Å². The highest BCUT2D eigenvalue weighted by Gasteiger charge is 2.10. The van der Waals surface area contributed by atoms with Crippen molar-refractivity contribution in [1.82, 2.24) is 10.6 Å². The first-order valence-electron chi connectivity index (χ1n) is 5.37. The highest BCUT2D eigenvalue weighted by atomic mass is 16.2. The van der Waals surface area contributed by atoms with Gasteiger partial charge in [0.2, 0.25) is 11.8 Å². The monoisotopic (exact) mass is 215 g/mol. The summed E-state index contributed by atoms with van der Waals surface area (Å²) < 4.78 is 0. The second kappa shape index (κ2) is 8.23. The van der Waals surface area contributed by atoms with Gasteiger partial charge in [-0.1, -0.05) is 6.92 Å². The molecule has 88 valence electrons. The molecule has 0 aliphatic carbocycles. The van der Waals surface area contributed by atoms with Crippen molar-refractivity contribution in [3.05, 3.63) is 0 Å². The van der Waals surface area contributed by atoms with Gasteiger partial charge in [0.25, 0.3) is 0 Å². The number of amides is 2. The first-order chi connectivity index (χ1) is 7.07. The molecule has 1 unspecified atom stereocenters. The number of hydrogen-bond acceptors (Lipinski definition) is 3. The molecule has 15 heavy (non-hydrogen) atoms. The van der Waals surface area contributed by atoms with Gasteiger partial charge in [-0.05, 0) is 26.3 Å². The van der Waals surface area contributed by atoms with E-state index in [1.807, 2.05) is 6.92 Å². The lowest BCUT2D eigenvalue weighted by Gasteiger charge is -2.13. The Morgan fingerprint density at radius 1 is 1.33 bits per heavy atom. The number of nitrogens with one attached hydrogen (secondary N) is 2. The van der Waals surface area contributed by atoms with Gasteiger partial charge in [0.05, 0.1) is 6.04 Å². The molecule has 0 radical (unpaired) electrons. The van der Waals surface area contributed by atoms with Gasteiger partial charge in [-0.2, -0.15) is 0 Å². The van der Waals surface area contributed by atoms with Crippen LogP contribution in [0.25, 0.3) is 0 Å². The molecular formula is C10H21N3O2. The minimum absolute atomic E-state index is 0.00377. The molecule has 5 nitrogen and oxygen atoms in total. The van der Waals surface area contributed by atoms with E-state index in [1.165, 1.54) is 0 Å². The van der Waals surface area contributed by atoms with Gasteiger partial charge in [0.1, 0.15) is 0 Å². The third-order valence-electron chi connectivity index (χ3n) is 1.99. The van der Waals surface area contributed by atoms with Crippen molar-refractivity contribution in [3.8, 4) is 0 Å². The van der Waals surface area contributed by atoms with E-state index < -0.39 is 0 Å². The molecule has 0 aliphatic heterocycles. The van der Waals surface area contributed by atoms with Crippen LogP contribution in [0.15, 0.2) is 0 Å². The maximum Gasteiger partial charge on any atom is 0.236 e. The number of primary amides is 1. The number of nitrogens with two attached hydrogens (primary N) is 1. The van der Waals surface area contributed by atoms with Crippen molar-refractivity contribution in [3.63, 3.8) is 0 Å². The molecular weight excluding hydrogens is 194 g/mol. The molecule has 0 aromatic carbocycles. The van der Waals surface area contributed by atoms with Crippen LogP contribution in [0.2, 0.25) is 0 Å². The maximum atomic E-state index is 11.4. The third-order valence-corrected chi connectivity index (χ3v) is 1.99. The third kappa shape index (κ3) is 7.93. The van der Waals surface area contributed by atoms with E-state index in [0.717, 1.165) is 6.42 Å². The van der Waals surface area contributed by atoms with Gasteiger partial charge >= 0.3 is 0 Å². The molecule has 0 saturated carbocycles. The first kappa shape index (κ1) is 13.9. The summed E-state index contributed by atoms with van der Waals surface area (Å²) >= 11 is 0. The fraction of sp³-hybridized carbons (Fsp3) is 0.800. The lowest BCUT2D eigenvalue weighted by atomic mass is 10.2. The van der Waals surface area contributed by atoms with Crippen molar-refractivity contribution in [2.45, 2.75) is 39.2 Å². The summed E-state index contributed by atoms with van der Waals surface area (Å²) in [5.74, 6) is -0.309. The number of hydrogen-bond donors (Lipinski definition) is 3. The number of carbonyl (C=O) groups is 2. The molecule has 0 bridgehead atoms. The van der Waals surface area contributed by atoms with E-state index in [9.17, 15) is 9.59 Å². The summed E-state index contributed by atoms with van der Waals surface area (Å²) in [6, 6.07) is -0.218. The number of rotatable bonds is 8. The van der Waals surface area contributed by atoms with Crippen LogP contribution in [0, 0.1) is 0 Å². The van der Waals surface area contributed by atoms with Crippen molar-refractivity contribution >= 4 is 11.8 Å². The lowest BCUT2D eigenvalue weighted by Crippen LogP contribution is -2.42. The van der Waals surface area contributed by atoms with Crippen LogP contribution >= 0.6 is 0 Å². The lowest BCUT2D eigenvalue weighted by molar-refractivity contribution is -0.122. The predicted octanol–water partition coefficient (Wildman–Crippen LogP) is -0.244. The van der Waals surface area contributed by atoms with E-state index in [2.05, 4.69) is 10.6 Å². The Kier molecular flexibility index (Phi) is 7.62. The van der Waals surface area contributed by atoms with Crippen LogP contribution < -0.4 is 16.4 Å². The van der Waals surface area contributed by atoms with Gasteiger partial charge in [-0.25, -0.2) is 0 Å². The van der Waals surface area contributed by atoms with Gasteiger partial charge in [0.15, 0.2) is 0 Å². The van der Waals surface area contributed by atoms with Crippen LogP contribution in [0.3, 0.4) is 0 Å². The second-order valence-electron chi connectivity index (χ2n) is 3.54. The first-order valence-corrected chi connectivity index (χ1v) is 5.37. The highest BCUT2D eigenvalue weighted by molar-refractivity contribution is 5.81. The van der Waals surface area contributed by atoms with Crippen molar-refractivity contribution in [2.75, 3.05) is 13.1 Å². The maximum absolute atomic E-state index is 11.4. The molecule has 0 aromatic rings. The van der Waals surface area contributed by atoms with Crippen molar-refractivity contribution in [2.24, 2.45) is 5.73 Å². The quantitative estimate of drug-likeness (QED) is 0.488. The molecule has 0 aromatic heterocycles. The average Bonchev–Trinajstić information content (AvgIpc) is 2.20. The Hall–Kier alpha value is -1.10.